The van der Waals surface area contributed by atoms with Gasteiger partial charge >= 0.3 is 0 Å². The summed E-state index contributed by atoms with van der Waals surface area (Å²) in [6, 6.07) is 14.4. The van der Waals surface area contributed by atoms with Gasteiger partial charge in [-0.15, -0.1) is 0 Å². The summed E-state index contributed by atoms with van der Waals surface area (Å²) in [6.45, 7) is 15.6. The molecule has 0 atom stereocenters. The van der Waals surface area contributed by atoms with Gasteiger partial charge in [0.1, 0.15) is 0 Å². The van der Waals surface area contributed by atoms with Crippen LogP contribution in [0.15, 0.2) is 48.7 Å². The molecule has 2 aromatic carbocycles. The van der Waals surface area contributed by atoms with E-state index in [0.29, 0.717) is 5.69 Å². The van der Waals surface area contributed by atoms with E-state index >= 15 is 0 Å². The fourth-order valence-corrected chi connectivity index (χ4v) is 3.09. The van der Waals surface area contributed by atoms with Crippen molar-refractivity contribution in [1.29, 1.82) is 0 Å². The molecule has 0 N–H and O–H groups in total. The lowest BCUT2D eigenvalue weighted by Gasteiger charge is -2.12. The molecule has 118 valence electrons. The van der Waals surface area contributed by atoms with Gasteiger partial charge in [-0.25, -0.2) is 4.85 Å². The summed E-state index contributed by atoms with van der Waals surface area (Å²) in [5.74, 6) is 0. The zero-order valence-corrected chi connectivity index (χ0v) is 14.5. The molecular weight excluding hydrogens is 292 g/mol. The number of hydrogen-bond donors (Lipinski definition) is 0. The minimum Gasteiger partial charge on any atom is -0.256 e. The molecular formula is C22H20N2. The van der Waals surface area contributed by atoms with Crippen molar-refractivity contribution in [3.8, 4) is 22.4 Å². The molecule has 3 aromatic rings. The number of pyridine rings is 1. The van der Waals surface area contributed by atoms with Crippen LogP contribution in [0.4, 0.5) is 5.69 Å². The minimum atomic E-state index is 0.661. The summed E-state index contributed by atoms with van der Waals surface area (Å²) in [6.07, 6.45) is 1.93. The van der Waals surface area contributed by atoms with Crippen molar-refractivity contribution >= 4 is 5.69 Å². The third-order valence-electron chi connectivity index (χ3n) is 4.27. The molecule has 0 saturated heterocycles. The predicted octanol–water partition coefficient (Wildman–Crippen LogP) is 6.20. The van der Waals surface area contributed by atoms with Crippen LogP contribution in [0, 0.1) is 34.3 Å². The molecule has 0 saturated carbocycles. The molecule has 1 aromatic heterocycles. The van der Waals surface area contributed by atoms with Crippen molar-refractivity contribution in [3.05, 3.63) is 82.3 Å². The van der Waals surface area contributed by atoms with Gasteiger partial charge in [-0.05, 0) is 68.7 Å². The molecule has 0 unspecified atom stereocenters. The molecule has 0 fully saturated rings. The fraction of sp³-hybridized carbons (Fsp3) is 0.182. The molecule has 2 nitrogen and oxygen atoms in total. The quantitative estimate of drug-likeness (QED) is 0.515. The Morgan fingerprint density at radius 3 is 2.12 bits per heavy atom. The smallest absolute Gasteiger partial charge is 0.187 e. The predicted molar refractivity (Wildman–Crippen MR) is 100 cm³/mol. The van der Waals surface area contributed by atoms with Crippen LogP contribution in [-0.2, 0) is 0 Å². The van der Waals surface area contributed by atoms with E-state index in [1.54, 1.807) is 0 Å². The van der Waals surface area contributed by atoms with Crippen LogP contribution >= 0.6 is 0 Å². The lowest BCUT2D eigenvalue weighted by atomic mass is 9.96. The van der Waals surface area contributed by atoms with Crippen molar-refractivity contribution in [3.63, 3.8) is 0 Å². The topological polar surface area (TPSA) is 17.2 Å². The maximum Gasteiger partial charge on any atom is 0.187 e. The average Bonchev–Trinajstić information content (AvgIpc) is 2.55. The van der Waals surface area contributed by atoms with Crippen LogP contribution in [0.25, 0.3) is 27.2 Å². The lowest BCUT2D eigenvalue weighted by Crippen LogP contribution is -1.92. The van der Waals surface area contributed by atoms with Crippen LogP contribution in [0.1, 0.15) is 22.3 Å². The first-order chi connectivity index (χ1) is 11.5. The molecule has 1 heterocycles. The van der Waals surface area contributed by atoms with Gasteiger partial charge in [0, 0.05) is 17.3 Å². The van der Waals surface area contributed by atoms with E-state index in [1.165, 1.54) is 16.7 Å². The molecule has 0 spiro atoms. The van der Waals surface area contributed by atoms with E-state index in [4.69, 9.17) is 6.57 Å². The zero-order chi connectivity index (χ0) is 17.3. The van der Waals surface area contributed by atoms with Gasteiger partial charge in [0.25, 0.3) is 0 Å². The highest BCUT2D eigenvalue weighted by Crippen LogP contribution is 2.32. The van der Waals surface area contributed by atoms with Gasteiger partial charge in [0.2, 0.25) is 0 Å². The number of benzene rings is 2. The van der Waals surface area contributed by atoms with E-state index in [-0.39, 0.29) is 0 Å². The van der Waals surface area contributed by atoms with Gasteiger partial charge in [0.05, 0.1) is 12.3 Å². The van der Waals surface area contributed by atoms with Gasteiger partial charge in [-0.2, -0.15) is 0 Å². The van der Waals surface area contributed by atoms with Crippen LogP contribution in [0.3, 0.4) is 0 Å². The first-order valence-corrected chi connectivity index (χ1v) is 8.02. The van der Waals surface area contributed by atoms with Crippen molar-refractivity contribution < 1.29 is 0 Å². The molecule has 3 rings (SSSR count). The Balaban J connectivity index is 2.10. The van der Waals surface area contributed by atoms with E-state index in [1.807, 2.05) is 24.4 Å². The van der Waals surface area contributed by atoms with Crippen LogP contribution in [0.5, 0.6) is 0 Å². The van der Waals surface area contributed by atoms with Crippen LogP contribution in [-0.4, -0.2) is 4.98 Å². The van der Waals surface area contributed by atoms with Crippen LogP contribution in [0.2, 0.25) is 0 Å². The van der Waals surface area contributed by atoms with Crippen molar-refractivity contribution in [2.75, 3.05) is 0 Å². The Hall–Kier alpha value is -2.92. The molecule has 0 radical (unpaired) electrons. The first kappa shape index (κ1) is 16.0. The molecule has 0 aliphatic carbocycles. The molecule has 0 aliphatic rings. The second-order valence-corrected chi connectivity index (χ2v) is 6.37. The van der Waals surface area contributed by atoms with Gasteiger partial charge in [0.15, 0.2) is 5.69 Å². The summed E-state index contributed by atoms with van der Waals surface area (Å²) in [5, 5.41) is 0. The normalized spacial score (nSPS) is 10.5. The van der Waals surface area contributed by atoms with E-state index < -0.39 is 0 Å². The number of nitrogens with zero attached hydrogens (tertiary/aromatic N) is 2. The third kappa shape index (κ3) is 3.07. The Kier molecular flexibility index (Phi) is 4.18. The molecule has 2 heteroatoms. The molecule has 0 amide bonds. The molecule has 0 bridgehead atoms. The monoisotopic (exact) mass is 312 g/mol. The van der Waals surface area contributed by atoms with Gasteiger partial charge < -0.3 is 0 Å². The summed E-state index contributed by atoms with van der Waals surface area (Å²) in [7, 11) is 0. The number of rotatable bonds is 2. The number of hydrogen-bond acceptors (Lipinski definition) is 1. The van der Waals surface area contributed by atoms with E-state index in [0.717, 1.165) is 27.9 Å². The second kappa shape index (κ2) is 6.29. The first-order valence-electron chi connectivity index (χ1n) is 8.02. The Labute approximate surface area is 143 Å². The summed E-state index contributed by atoms with van der Waals surface area (Å²) < 4.78 is 0. The Bertz CT molecular complexity index is 942. The standard InChI is InChI=1S/C22H20N2/c1-14-8-15(2)10-18(9-14)22-11-17(4)21(13-24-22)20-12-19(23-5)7-6-16(20)3/h6-13H,1-4H3. The fourth-order valence-electron chi connectivity index (χ4n) is 3.09. The van der Waals surface area contributed by atoms with Gasteiger partial charge in [-0.3, -0.25) is 4.98 Å². The summed E-state index contributed by atoms with van der Waals surface area (Å²) in [5.41, 5.74) is 9.79. The minimum absolute atomic E-state index is 0.661. The lowest BCUT2D eigenvalue weighted by molar-refractivity contribution is 1.27. The Morgan fingerprint density at radius 1 is 0.792 bits per heavy atom. The highest BCUT2D eigenvalue weighted by atomic mass is 14.7. The van der Waals surface area contributed by atoms with E-state index in [9.17, 15) is 0 Å². The highest BCUT2D eigenvalue weighted by Gasteiger charge is 2.09. The highest BCUT2D eigenvalue weighted by molar-refractivity contribution is 5.75. The summed E-state index contributed by atoms with van der Waals surface area (Å²) in [4.78, 5) is 8.23. The average molecular weight is 312 g/mol. The molecule has 24 heavy (non-hydrogen) atoms. The molecule has 0 aliphatic heterocycles. The third-order valence-corrected chi connectivity index (χ3v) is 4.27. The maximum atomic E-state index is 7.22. The number of aromatic nitrogens is 1. The van der Waals surface area contributed by atoms with Crippen LogP contribution < -0.4 is 0 Å². The Morgan fingerprint density at radius 2 is 1.50 bits per heavy atom. The van der Waals surface area contributed by atoms with Gasteiger partial charge in [-0.1, -0.05) is 29.3 Å². The van der Waals surface area contributed by atoms with E-state index in [2.05, 4.69) is 61.8 Å². The van der Waals surface area contributed by atoms with Crippen molar-refractivity contribution in [2.24, 2.45) is 0 Å². The SMILES string of the molecule is [C-]#[N+]c1ccc(C)c(-c2cnc(-c3cc(C)cc(C)c3)cc2C)c1. The maximum absolute atomic E-state index is 7.22. The van der Waals surface area contributed by atoms with Crippen molar-refractivity contribution in [1.82, 2.24) is 4.98 Å². The summed E-state index contributed by atoms with van der Waals surface area (Å²) >= 11 is 0. The second-order valence-electron chi connectivity index (χ2n) is 6.37. The zero-order valence-electron chi connectivity index (χ0n) is 14.5. The largest absolute Gasteiger partial charge is 0.256 e. The number of aryl methyl sites for hydroxylation is 4. The van der Waals surface area contributed by atoms with Crippen molar-refractivity contribution in [2.45, 2.75) is 27.7 Å².